The van der Waals surface area contributed by atoms with Crippen molar-refractivity contribution in [2.75, 3.05) is 32.0 Å². The topological polar surface area (TPSA) is 55.6 Å². The fourth-order valence-corrected chi connectivity index (χ4v) is 3.18. The van der Waals surface area contributed by atoms with Crippen molar-refractivity contribution in [1.82, 2.24) is 4.90 Å². The van der Waals surface area contributed by atoms with Gasteiger partial charge in [0.25, 0.3) is 5.91 Å². The monoisotopic (exact) mass is 260 g/mol. The molecule has 1 aromatic rings. The fourth-order valence-electron chi connectivity index (χ4n) is 3.18. The Morgan fingerprint density at radius 2 is 1.95 bits per heavy atom. The van der Waals surface area contributed by atoms with Gasteiger partial charge in [0.05, 0.1) is 5.56 Å². The van der Waals surface area contributed by atoms with E-state index in [0.717, 1.165) is 45.6 Å². The van der Waals surface area contributed by atoms with Crippen LogP contribution in [0.15, 0.2) is 24.3 Å². The number of carbonyl (C=O) groups excluding carboxylic acids is 1. The molecule has 0 saturated carbocycles. The largest absolute Gasteiger partial charge is 0.398 e. The van der Waals surface area contributed by atoms with Crippen molar-refractivity contribution in [1.29, 1.82) is 0 Å². The molecular weight excluding hydrogens is 240 g/mol. The van der Waals surface area contributed by atoms with Crippen molar-refractivity contribution in [3.63, 3.8) is 0 Å². The molecule has 2 aliphatic heterocycles. The summed E-state index contributed by atoms with van der Waals surface area (Å²) in [5.74, 6) is 0.0708. The minimum absolute atomic E-state index is 0.0708. The van der Waals surface area contributed by atoms with E-state index in [4.69, 9.17) is 10.5 Å². The zero-order chi connectivity index (χ0) is 13.3. The second kappa shape index (κ2) is 4.85. The number of nitrogens with zero attached hydrogens (tertiary/aromatic N) is 1. The number of amides is 1. The van der Waals surface area contributed by atoms with Gasteiger partial charge in [0.2, 0.25) is 0 Å². The molecule has 2 heterocycles. The molecular formula is C15H20N2O2. The van der Waals surface area contributed by atoms with Crippen molar-refractivity contribution in [2.24, 2.45) is 5.41 Å². The van der Waals surface area contributed by atoms with Crippen LogP contribution in [0, 0.1) is 5.41 Å². The van der Waals surface area contributed by atoms with E-state index in [0.29, 0.717) is 11.3 Å². The molecule has 1 aromatic carbocycles. The molecule has 2 N–H and O–H groups in total. The molecule has 0 radical (unpaired) electrons. The maximum atomic E-state index is 12.5. The van der Waals surface area contributed by atoms with E-state index >= 15 is 0 Å². The highest BCUT2D eigenvalue weighted by Crippen LogP contribution is 2.40. The van der Waals surface area contributed by atoms with Crippen LogP contribution >= 0.6 is 0 Å². The van der Waals surface area contributed by atoms with Crippen molar-refractivity contribution >= 4 is 11.6 Å². The lowest BCUT2D eigenvalue weighted by Gasteiger charge is -2.33. The van der Waals surface area contributed by atoms with Gasteiger partial charge in [-0.05, 0) is 36.8 Å². The number of likely N-dealkylation sites (tertiary alicyclic amines) is 1. The second-order valence-corrected chi connectivity index (χ2v) is 5.68. The van der Waals surface area contributed by atoms with Gasteiger partial charge in [-0.3, -0.25) is 4.79 Å². The van der Waals surface area contributed by atoms with Crippen LogP contribution < -0.4 is 5.73 Å². The average Bonchev–Trinajstić information content (AvgIpc) is 2.83. The van der Waals surface area contributed by atoms with Gasteiger partial charge in [0, 0.05) is 32.0 Å². The zero-order valence-electron chi connectivity index (χ0n) is 11.1. The Kier molecular flexibility index (Phi) is 3.19. The first kappa shape index (κ1) is 12.5. The lowest BCUT2D eigenvalue weighted by Crippen LogP contribution is -2.35. The van der Waals surface area contributed by atoms with Crippen molar-refractivity contribution in [3.05, 3.63) is 29.8 Å². The van der Waals surface area contributed by atoms with E-state index in [-0.39, 0.29) is 11.3 Å². The van der Waals surface area contributed by atoms with Gasteiger partial charge in [-0.25, -0.2) is 0 Å². The summed E-state index contributed by atoms with van der Waals surface area (Å²) in [4.78, 5) is 14.5. The first-order valence-electron chi connectivity index (χ1n) is 6.92. The number of benzene rings is 1. The standard InChI is InChI=1S/C15H20N2O2/c16-13-4-2-1-3-12(13)14(18)17-8-5-15(11-17)6-9-19-10-7-15/h1-4H,5-11,16H2. The Morgan fingerprint density at radius 1 is 1.21 bits per heavy atom. The first-order valence-corrected chi connectivity index (χ1v) is 6.92. The first-order chi connectivity index (χ1) is 9.20. The molecule has 102 valence electrons. The van der Waals surface area contributed by atoms with E-state index in [1.807, 2.05) is 23.1 Å². The number of para-hydroxylation sites is 1. The Labute approximate surface area is 113 Å². The van der Waals surface area contributed by atoms with Crippen LogP contribution in [0.25, 0.3) is 0 Å². The molecule has 0 aromatic heterocycles. The quantitative estimate of drug-likeness (QED) is 0.785. The third-order valence-electron chi connectivity index (χ3n) is 4.47. The van der Waals surface area contributed by atoms with E-state index < -0.39 is 0 Å². The molecule has 1 spiro atoms. The van der Waals surface area contributed by atoms with Crippen molar-refractivity contribution < 1.29 is 9.53 Å². The summed E-state index contributed by atoms with van der Waals surface area (Å²) in [7, 11) is 0. The highest BCUT2D eigenvalue weighted by Gasteiger charge is 2.41. The highest BCUT2D eigenvalue weighted by atomic mass is 16.5. The van der Waals surface area contributed by atoms with E-state index in [1.54, 1.807) is 6.07 Å². The number of carbonyl (C=O) groups is 1. The van der Waals surface area contributed by atoms with Crippen LogP contribution in [0.4, 0.5) is 5.69 Å². The summed E-state index contributed by atoms with van der Waals surface area (Å²) in [6, 6.07) is 7.32. The van der Waals surface area contributed by atoms with E-state index in [1.165, 1.54) is 0 Å². The Balaban J connectivity index is 1.74. The molecule has 4 heteroatoms. The minimum Gasteiger partial charge on any atom is -0.398 e. The molecule has 4 nitrogen and oxygen atoms in total. The summed E-state index contributed by atoms with van der Waals surface area (Å²) in [6.07, 6.45) is 3.23. The summed E-state index contributed by atoms with van der Waals surface area (Å²) in [5, 5.41) is 0. The number of hydrogen-bond acceptors (Lipinski definition) is 3. The second-order valence-electron chi connectivity index (χ2n) is 5.68. The molecule has 2 fully saturated rings. The number of nitrogen functional groups attached to an aromatic ring is 1. The molecule has 1 amide bonds. The predicted molar refractivity (Wildman–Crippen MR) is 73.9 cm³/mol. The van der Waals surface area contributed by atoms with Gasteiger partial charge < -0.3 is 15.4 Å². The molecule has 0 atom stereocenters. The number of anilines is 1. The lowest BCUT2D eigenvalue weighted by molar-refractivity contribution is 0.0191. The number of hydrogen-bond donors (Lipinski definition) is 1. The third-order valence-corrected chi connectivity index (χ3v) is 4.47. The van der Waals surface area contributed by atoms with Crippen molar-refractivity contribution in [2.45, 2.75) is 19.3 Å². The van der Waals surface area contributed by atoms with Gasteiger partial charge in [-0.2, -0.15) is 0 Å². The maximum Gasteiger partial charge on any atom is 0.255 e. The summed E-state index contributed by atoms with van der Waals surface area (Å²) >= 11 is 0. The maximum absolute atomic E-state index is 12.5. The molecule has 0 unspecified atom stereocenters. The summed E-state index contributed by atoms with van der Waals surface area (Å²) < 4.78 is 5.43. The number of rotatable bonds is 1. The van der Waals surface area contributed by atoms with Gasteiger partial charge >= 0.3 is 0 Å². The van der Waals surface area contributed by atoms with Crippen LogP contribution in [0.5, 0.6) is 0 Å². The van der Waals surface area contributed by atoms with Crippen LogP contribution in [0.3, 0.4) is 0 Å². The normalized spacial score (nSPS) is 21.8. The molecule has 2 aliphatic rings. The zero-order valence-corrected chi connectivity index (χ0v) is 11.1. The third kappa shape index (κ3) is 2.32. The molecule has 0 aliphatic carbocycles. The number of ether oxygens (including phenoxy) is 1. The summed E-state index contributed by atoms with van der Waals surface area (Å²) in [5.41, 5.74) is 7.38. The predicted octanol–water partition coefficient (Wildman–Crippen LogP) is 1.91. The van der Waals surface area contributed by atoms with Gasteiger partial charge in [-0.15, -0.1) is 0 Å². The molecule has 0 bridgehead atoms. The van der Waals surface area contributed by atoms with Gasteiger partial charge in [0.1, 0.15) is 0 Å². The highest BCUT2D eigenvalue weighted by molar-refractivity contribution is 5.99. The van der Waals surface area contributed by atoms with Crippen LogP contribution in [0.1, 0.15) is 29.6 Å². The van der Waals surface area contributed by atoms with Crippen molar-refractivity contribution in [3.8, 4) is 0 Å². The minimum atomic E-state index is 0.0708. The fraction of sp³-hybridized carbons (Fsp3) is 0.533. The van der Waals surface area contributed by atoms with Crippen LogP contribution in [0.2, 0.25) is 0 Å². The SMILES string of the molecule is Nc1ccccc1C(=O)N1CCC2(CCOCC2)C1. The van der Waals surface area contributed by atoms with Crippen LogP contribution in [-0.2, 0) is 4.74 Å². The number of nitrogens with two attached hydrogens (primary N) is 1. The molecule has 2 saturated heterocycles. The van der Waals surface area contributed by atoms with E-state index in [2.05, 4.69) is 0 Å². The lowest BCUT2D eigenvalue weighted by atomic mass is 9.80. The van der Waals surface area contributed by atoms with Gasteiger partial charge in [0.15, 0.2) is 0 Å². The molecule has 3 rings (SSSR count). The Morgan fingerprint density at radius 3 is 2.68 bits per heavy atom. The Hall–Kier alpha value is -1.55. The average molecular weight is 260 g/mol. The smallest absolute Gasteiger partial charge is 0.255 e. The summed E-state index contributed by atoms with van der Waals surface area (Å²) in [6.45, 7) is 3.35. The Bertz CT molecular complexity index is 481. The molecule has 19 heavy (non-hydrogen) atoms. The van der Waals surface area contributed by atoms with Gasteiger partial charge in [-0.1, -0.05) is 12.1 Å². The van der Waals surface area contributed by atoms with E-state index in [9.17, 15) is 4.79 Å². The van der Waals surface area contributed by atoms with Crippen LogP contribution in [-0.4, -0.2) is 37.1 Å².